The number of aryl methyl sites for hydroxylation is 1. The molecule has 0 saturated heterocycles. The summed E-state index contributed by atoms with van der Waals surface area (Å²) in [6.07, 6.45) is 0. The molecule has 1 rings (SSSR count). The second-order valence-corrected chi connectivity index (χ2v) is 3.89. The second-order valence-electron chi connectivity index (χ2n) is 3.89. The predicted molar refractivity (Wildman–Crippen MR) is 65.9 cm³/mol. The van der Waals surface area contributed by atoms with Crippen molar-refractivity contribution in [3.05, 3.63) is 35.4 Å². The van der Waals surface area contributed by atoms with E-state index in [0.29, 0.717) is 12.6 Å². The summed E-state index contributed by atoms with van der Waals surface area (Å²) in [6.45, 7) is 9.27. The van der Waals surface area contributed by atoms with Gasteiger partial charge in [0.2, 0.25) is 0 Å². The molecule has 0 aromatic heterocycles. The second kappa shape index (κ2) is 5.89. The summed E-state index contributed by atoms with van der Waals surface area (Å²) < 4.78 is 0. The number of rotatable bonds is 5. The van der Waals surface area contributed by atoms with Crippen LogP contribution in [0.2, 0.25) is 0 Å². The summed E-state index contributed by atoms with van der Waals surface area (Å²) in [4.78, 5) is 2.40. The van der Waals surface area contributed by atoms with Crippen molar-refractivity contribution in [3.8, 4) is 0 Å². The molecule has 1 atom stereocenters. The quantitative estimate of drug-likeness (QED) is 0.801. The van der Waals surface area contributed by atoms with E-state index in [1.54, 1.807) is 0 Å². The van der Waals surface area contributed by atoms with Crippen molar-refractivity contribution >= 4 is 0 Å². The SMILES string of the molecule is CCN(CC)[C@H](CN)c1cccc(C)c1. The maximum absolute atomic E-state index is 5.87. The molecular formula is C13H22N2. The molecule has 2 nitrogen and oxygen atoms in total. The van der Waals surface area contributed by atoms with Gasteiger partial charge in [-0.15, -0.1) is 0 Å². The zero-order chi connectivity index (χ0) is 11.3. The van der Waals surface area contributed by atoms with Crippen LogP contribution in [0.5, 0.6) is 0 Å². The molecule has 0 radical (unpaired) electrons. The van der Waals surface area contributed by atoms with Gasteiger partial charge in [-0.2, -0.15) is 0 Å². The number of hydrogen-bond donors (Lipinski definition) is 1. The van der Waals surface area contributed by atoms with Crippen molar-refractivity contribution in [1.82, 2.24) is 4.90 Å². The Hall–Kier alpha value is -0.860. The molecule has 0 heterocycles. The maximum atomic E-state index is 5.87. The van der Waals surface area contributed by atoms with Gasteiger partial charge in [0.05, 0.1) is 0 Å². The number of nitrogens with zero attached hydrogens (tertiary/aromatic N) is 1. The summed E-state index contributed by atoms with van der Waals surface area (Å²) in [6, 6.07) is 8.99. The lowest BCUT2D eigenvalue weighted by Gasteiger charge is -2.29. The standard InChI is InChI=1S/C13H22N2/c1-4-15(5-2)13(10-14)12-8-6-7-11(3)9-12/h6-9,13H,4-5,10,14H2,1-3H3/t13-/m1/s1. The molecule has 0 aliphatic heterocycles. The van der Waals surface area contributed by atoms with Gasteiger partial charge in [-0.1, -0.05) is 43.7 Å². The van der Waals surface area contributed by atoms with E-state index in [1.807, 2.05) is 0 Å². The van der Waals surface area contributed by atoms with Gasteiger partial charge in [-0.3, -0.25) is 4.90 Å². The topological polar surface area (TPSA) is 29.3 Å². The maximum Gasteiger partial charge on any atom is 0.0470 e. The van der Waals surface area contributed by atoms with Crippen LogP contribution in [-0.4, -0.2) is 24.5 Å². The molecule has 0 spiro atoms. The number of likely N-dealkylation sites (N-methyl/N-ethyl adjacent to an activating group) is 1. The highest BCUT2D eigenvalue weighted by Crippen LogP contribution is 2.19. The minimum Gasteiger partial charge on any atom is -0.329 e. The first-order valence-electron chi connectivity index (χ1n) is 5.73. The Morgan fingerprint density at radius 1 is 1.27 bits per heavy atom. The van der Waals surface area contributed by atoms with Crippen molar-refractivity contribution < 1.29 is 0 Å². The van der Waals surface area contributed by atoms with E-state index >= 15 is 0 Å². The van der Waals surface area contributed by atoms with E-state index in [9.17, 15) is 0 Å². The fourth-order valence-corrected chi connectivity index (χ4v) is 2.04. The Labute approximate surface area is 93.1 Å². The van der Waals surface area contributed by atoms with E-state index in [4.69, 9.17) is 5.73 Å². The average Bonchev–Trinajstić information content (AvgIpc) is 2.25. The first-order chi connectivity index (χ1) is 7.22. The Morgan fingerprint density at radius 2 is 1.93 bits per heavy atom. The molecule has 0 aliphatic rings. The van der Waals surface area contributed by atoms with Gasteiger partial charge in [-0.05, 0) is 25.6 Å². The molecule has 0 bridgehead atoms. The summed E-state index contributed by atoms with van der Waals surface area (Å²) in [5.41, 5.74) is 8.50. The zero-order valence-electron chi connectivity index (χ0n) is 10.0. The minimum absolute atomic E-state index is 0.361. The molecule has 0 saturated carbocycles. The largest absolute Gasteiger partial charge is 0.329 e. The molecule has 1 aromatic rings. The normalized spacial score (nSPS) is 13.1. The van der Waals surface area contributed by atoms with E-state index in [1.165, 1.54) is 11.1 Å². The van der Waals surface area contributed by atoms with Gasteiger partial charge >= 0.3 is 0 Å². The third-order valence-corrected chi connectivity index (χ3v) is 2.90. The van der Waals surface area contributed by atoms with E-state index in [2.05, 4.69) is 49.9 Å². The van der Waals surface area contributed by atoms with Crippen molar-refractivity contribution in [2.24, 2.45) is 5.73 Å². The third kappa shape index (κ3) is 3.05. The molecule has 1 aromatic carbocycles. The highest BCUT2D eigenvalue weighted by Gasteiger charge is 2.15. The summed E-state index contributed by atoms with van der Waals surface area (Å²) >= 11 is 0. The number of nitrogens with two attached hydrogens (primary N) is 1. The molecule has 84 valence electrons. The first-order valence-corrected chi connectivity index (χ1v) is 5.73. The Balaban J connectivity index is 2.90. The van der Waals surface area contributed by atoms with Crippen LogP contribution in [0.4, 0.5) is 0 Å². The summed E-state index contributed by atoms with van der Waals surface area (Å²) in [5.74, 6) is 0. The van der Waals surface area contributed by atoms with Crippen molar-refractivity contribution in [1.29, 1.82) is 0 Å². The molecule has 2 heteroatoms. The van der Waals surface area contributed by atoms with Crippen LogP contribution in [0.1, 0.15) is 31.0 Å². The van der Waals surface area contributed by atoms with Gasteiger partial charge in [0.25, 0.3) is 0 Å². The molecule has 0 aliphatic carbocycles. The first kappa shape index (κ1) is 12.2. The predicted octanol–water partition coefficient (Wildman–Crippen LogP) is 2.34. The van der Waals surface area contributed by atoms with E-state index in [-0.39, 0.29) is 0 Å². The van der Waals surface area contributed by atoms with E-state index in [0.717, 1.165) is 13.1 Å². The molecule has 0 unspecified atom stereocenters. The summed E-state index contributed by atoms with van der Waals surface area (Å²) in [5, 5.41) is 0. The van der Waals surface area contributed by atoms with Gasteiger partial charge in [0.15, 0.2) is 0 Å². The van der Waals surface area contributed by atoms with Gasteiger partial charge in [0.1, 0.15) is 0 Å². The number of benzene rings is 1. The summed E-state index contributed by atoms with van der Waals surface area (Å²) in [7, 11) is 0. The van der Waals surface area contributed by atoms with Crippen LogP contribution in [0.15, 0.2) is 24.3 Å². The monoisotopic (exact) mass is 206 g/mol. The lowest BCUT2D eigenvalue weighted by Crippen LogP contribution is -2.33. The van der Waals surface area contributed by atoms with Crippen LogP contribution in [-0.2, 0) is 0 Å². The fraction of sp³-hybridized carbons (Fsp3) is 0.538. The lowest BCUT2D eigenvalue weighted by molar-refractivity contribution is 0.224. The highest BCUT2D eigenvalue weighted by atomic mass is 15.2. The Morgan fingerprint density at radius 3 is 2.40 bits per heavy atom. The Bertz CT molecular complexity index is 292. The van der Waals surface area contributed by atoms with Crippen molar-refractivity contribution in [2.45, 2.75) is 26.8 Å². The van der Waals surface area contributed by atoms with Crippen LogP contribution < -0.4 is 5.73 Å². The van der Waals surface area contributed by atoms with Crippen LogP contribution in [0.25, 0.3) is 0 Å². The van der Waals surface area contributed by atoms with Crippen molar-refractivity contribution in [2.75, 3.05) is 19.6 Å². The third-order valence-electron chi connectivity index (χ3n) is 2.90. The Kier molecular flexibility index (Phi) is 4.79. The van der Waals surface area contributed by atoms with Crippen LogP contribution in [0, 0.1) is 6.92 Å². The van der Waals surface area contributed by atoms with Gasteiger partial charge in [-0.25, -0.2) is 0 Å². The molecule has 0 amide bonds. The lowest BCUT2D eigenvalue weighted by atomic mass is 10.0. The molecule has 15 heavy (non-hydrogen) atoms. The number of hydrogen-bond acceptors (Lipinski definition) is 2. The zero-order valence-corrected chi connectivity index (χ0v) is 10.0. The molecule has 0 fully saturated rings. The van der Waals surface area contributed by atoms with Gasteiger partial charge in [0, 0.05) is 12.6 Å². The average molecular weight is 206 g/mol. The van der Waals surface area contributed by atoms with Crippen molar-refractivity contribution in [3.63, 3.8) is 0 Å². The molecular weight excluding hydrogens is 184 g/mol. The smallest absolute Gasteiger partial charge is 0.0470 e. The van der Waals surface area contributed by atoms with Crippen LogP contribution in [0.3, 0.4) is 0 Å². The fourth-order valence-electron chi connectivity index (χ4n) is 2.04. The van der Waals surface area contributed by atoms with E-state index < -0.39 is 0 Å². The van der Waals surface area contributed by atoms with Crippen LogP contribution >= 0.6 is 0 Å². The minimum atomic E-state index is 0.361. The molecule has 2 N–H and O–H groups in total. The van der Waals surface area contributed by atoms with Gasteiger partial charge < -0.3 is 5.73 Å². The highest BCUT2D eigenvalue weighted by molar-refractivity contribution is 5.25.